The van der Waals surface area contributed by atoms with E-state index in [9.17, 15) is 9.50 Å². The van der Waals surface area contributed by atoms with Crippen LogP contribution in [0, 0.1) is 12.7 Å². The number of hydrogen-bond donors (Lipinski definition) is 1. The quantitative estimate of drug-likeness (QED) is 0.892. The van der Waals surface area contributed by atoms with Gasteiger partial charge in [0.15, 0.2) is 0 Å². The molecule has 0 fully saturated rings. The lowest BCUT2D eigenvalue weighted by Crippen LogP contribution is -2.05. The fourth-order valence-corrected chi connectivity index (χ4v) is 2.01. The van der Waals surface area contributed by atoms with Gasteiger partial charge in [0.05, 0.1) is 6.61 Å². The maximum atomic E-state index is 13.6. The van der Waals surface area contributed by atoms with Crippen LogP contribution in [0.15, 0.2) is 42.5 Å². The highest BCUT2D eigenvalue weighted by Crippen LogP contribution is 2.30. The van der Waals surface area contributed by atoms with Crippen molar-refractivity contribution in [2.45, 2.75) is 26.4 Å². The molecule has 1 N–H and O–H groups in total. The molecule has 0 heterocycles. The van der Waals surface area contributed by atoms with E-state index in [1.807, 2.05) is 25.1 Å². The van der Waals surface area contributed by atoms with E-state index in [4.69, 9.17) is 4.74 Å². The van der Waals surface area contributed by atoms with Crippen molar-refractivity contribution in [3.05, 3.63) is 65.0 Å². The predicted molar refractivity (Wildman–Crippen MR) is 77.4 cm³/mol. The normalized spacial score (nSPS) is 12.2. The molecule has 0 saturated carbocycles. The Kier molecular flexibility index (Phi) is 4.74. The Morgan fingerprint density at radius 2 is 1.95 bits per heavy atom. The molecule has 0 saturated heterocycles. The second-order valence-electron chi connectivity index (χ2n) is 4.80. The van der Waals surface area contributed by atoms with Crippen molar-refractivity contribution in [1.29, 1.82) is 0 Å². The third-order valence-corrected chi connectivity index (χ3v) is 3.19. The van der Waals surface area contributed by atoms with Gasteiger partial charge in [-0.2, -0.15) is 0 Å². The highest BCUT2D eigenvalue weighted by Gasteiger charge is 2.16. The Morgan fingerprint density at radius 3 is 2.65 bits per heavy atom. The summed E-state index contributed by atoms with van der Waals surface area (Å²) in [6.07, 6.45) is 0.00185. The SMILES string of the molecule is CCCOc1ccccc1C(O)c1ccc(C)c(F)c1. The fraction of sp³-hybridized carbons (Fsp3) is 0.294. The number of halogens is 1. The molecule has 1 unspecified atom stereocenters. The van der Waals surface area contributed by atoms with Crippen LogP contribution in [0.1, 0.15) is 36.1 Å². The van der Waals surface area contributed by atoms with Gasteiger partial charge in [0, 0.05) is 5.56 Å². The van der Waals surface area contributed by atoms with Crippen LogP contribution in [0.5, 0.6) is 5.75 Å². The first-order valence-electron chi connectivity index (χ1n) is 6.79. The Labute approximate surface area is 118 Å². The average Bonchev–Trinajstić information content (AvgIpc) is 2.47. The van der Waals surface area contributed by atoms with Crippen molar-refractivity contribution in [1.82, 2.24) is 0 Å². The van der Waals surface area contributed by atoms with Crippen molar-refractivity contribution in [2.24, 2.45) is 0 Å². The van der Waals surface area contributed by atoms with Gasteiger partial charge in [-0.3, -0.25) is 0 Å². The zero-order chi connectivity index (χ0) is 14.5. The molecule has 0 bridgehead atoms. The molecule has 0 aromatic heterocycles. The van der Waals surface area contributed by atoms with Gasteiger partial charge in [-0.25, -0.2) is 4.39 Å². The summed E-state index contributed by atoms with van der Waals surface area (Å²) in [6, 6.07) is 12.1. The molecular weight excluding hydrogens is 255 g/mol. The summed E-state index contributed by atoms with van der Waals surface area (Å²) in [4.78, 5) is 0. The average molecular weight is 274 g/mol. The number of hydrogen-bond acceptors (Lipinski definition) is 2. The minimum Gasteiger partial charge on any atom is -0.493 e. The minimum atomic E-state index is -0.891. The molecule has 0 aliphatic heterocycles. The molecule has 0 aliphatic carbocycles. The van der Waals surface area contributed by atoms with Crippen molar-refractivity contribution >= 4 is 0 Å². The summed E-state index contributed by atoms with van der Waals surface area (Å²) in [5.74, 6) is 0.330. The fourth-order valence-electron chi connectivity index (χ4n) is 2.01. The maximum absolute atomic E-state index is 13.6. The van der Waals surface area contributed by atoms with Gasteiger partial charge in [-0.15, -0.1) is 0 Å². The van der Waals surface area contributed by atoms with E-state index in [1.165, 1.54) is 6.07 Å². The molecule has 2 rings (SSSR count). The van der Waals surface area contributed by atoms with Crippen LogP contribution >= 0.6 is 0 Å². The topological polar surface area (TPSA) is 29.5 Å². The van der Waals surface area contributed by atoms with E-state index in [0.29, 0.717) is 29.0 Å². The molecule has 0 radical (unpaired) electrons. The first-order chi connectivity index (χ1) is 9.63. The highest BCUT2D eigenvalue weighted by molar-refractivity contribution is 5.40. The van der Waals surface area contributed by atoms with E-state index in [2.05, 4.69) is 0 Å². The molecule has 2 nitrogen and oxygen atoms in total. The lowest BCUT2D eigenvalue weighted by Gasteiger charge is -2.16. The molecule has 2 aromatic carbocycles. The zero-order valence-electron chi connectivity index (χ0n) is 11.8. The lowest BCUT2D eigenvalue weighted by atomic mass is 9.99. The Morgan fingerprint density at radius 1 is 1.20 bits per heavy atom. The van der Waals surface area contributed by atoms with Crippen LogP contribution in [0.3, 0.4) is 0 Å². The van der Waals surface area contributed by atoms with E-state index >= 15 is 0 Å². The molecule has 106 valence electrons. The minimum absolute atomic E-state index is 0.312. The molecule has 3 heteroatoms. The monoisotopic (exact) mass is 274 g/mol. The molecule has 0 spiro atoms. The van der Waals surface area contributed by atoms with Crippen molar-refractivity contribution in [3.63, 3.8) is 0 Å². The third-order valence-electron chi connectivity index (χ3n) is 3.19. The maximum Gasteiger partial charge on any atom is 0.126 e. The van der Waals surface area contributed by atoms with E-state index in [-0.39, 0.29) is 5.82 Å². The molecule has 2 aromatic rings. The number of benzene rings is 2. The van der Waals surface area contributed by atoms with Gasteiger partial charge in [0.2, 0.25) is 0 Å². The van der Waals surface area contributed by atoms with E-state index in [0.717, 1.165) is 6.42 Å². The number of aliphatic hydroxyl groups excluding tert-OH is 1. The largest absolute Gasteiger partial charge is 0.493 e. The number of aryl methyl sites for hydroxylation is 1. The Hall–Kier alpha value is -1.87. The number of rotatable bonds is 5. The van der Waals surface area contributed by atoms with Crippen LogP contribution < -0.4 is 4.74 Å². The molecule has 0 aliphatic rings. The first-order valence-corrected chi connectivity index (χ1v) is 6.79. The van der Waals surface area contributed by atoms with Crippen LogP contribution in [-0.4, -0.2) is 11.7 Å². The summed E-state index contributed by atoms with van der Waals surface area (Å²) in [5.41, 5.74) is 1.75. The van der Waals surface area contributed by atoms with Gasteiger partial charge < -0.3 is 9.84 Å². The number of para-hydroxylation sites is 1. The van der Waals surface area contributed by atoms with Crippen LogP contribution in [0.25, 0.3) is 0 Å². The van der Waals surface area contributed by atoms with Gasteiger partial charge in [0.1, 0.15) is 17.7 Å². The molecule has 1 atom stereocenters. The summed E-state index contributed by atoms with van der Waals surface area (Å²) < 4.78 is 19.2. The van der Waals surface area contributed by atoms with E-state index < -0.39 is 6.10 Å². The van der Waals surface area contributed by atoms with Crippen molar-refractivity contribution < 1.29 is 14.2 Å². The number of aliphatic hydroxyl groups is 1. The molecule has 0 amide bonds. The zero-order valence-corrected chi connectivity index (χ0v) is 11.8. The summed E-state index contributed by atoms with van der Waals surface area (Å²) in [7, 11) is 0. The van der Waals surface area contributed by atoms with Crippen LogP contribution in [-0.2, 0) is 0 Å². The summed E-state index contributed by atoms with van der Waals surface area (Å²) >= 11 is 0. The third kappa shape index (κ3) is 3.17. The lowest BCUT2D eigenvalue weighted by molar-refractivity contribution is 0.210. The van der Waals surface area contributed by atoms with Gasteiger partial charge in [-0.05, 0) is 36.6 Å². The van der Waals surface area contributed by atoms with Gasteiger partial charge in [-0.1, -0.05) is 37.3 Å². The van der Waals surface area contributed by atoms with E-state index in [1.54, 1.807) is 25.1 Å². The second-order valence-corrected chi connectivity index (χ2v) is 4.80. The predicted octanol–water partition coefficient (Wildman–Crippen LogP) is 4.00. The first kappa shape index (κ1) is 14.5. The standard InChI is InChI=1S/C17H19FO2/c1-3-10-20-16-7-5-4-6-14(16)17(19)13-9-8-12(2)15(18)11-13/h4-9,11,17,19H,3,10H2,1-2H3. The van der Waals surface area contributed by atoms with Crippen LogP contribution in [0.2, 0.25) is 0 Å². The summed E-state index contributed by atoms with van der Waals surface area (Å²) in [6.45, 7) is 4.31. The van der Waals surface area contributed by atoms with Gasteiger partial charge >= 0.3 is 0 Å². The van der Waals surface area contributed by atoms with Gasteiger partial charge in [0.25, 0.3) is 0 Å². The molecular formula is C17H19FO2. The van der Waals surface area contributed by atoms with Crippen LogP contribution in [0.4, 0.5) is 4.39 Å². The molecule has 20 heavy (non-hydrogen) atoms. The smallest absolute Gasteiger partial charge is 0.126 e. The van der Waals surface area contributed by atoms with Crippen molar-refractivity contribution in [3.8, 4) is 5.75 Å². The Bertz CT molecular complexity index is 581. The number of ether oxygens (including phenoxy) is 1. The Balaban J connectivity index is 2.32. The highest BCUT2D eigenvalue weighted by atomic mass is 19.1. The summed E-state index contributed by atoms with van der Waals surface area (Å²) in [5, 5.41) is 10.4. The van der Waals surface area contributed by atoms with Crippen molar-refractivity contribution in [2.75, 3.05) is 6.61 Å². The second kappa shape index (κ2) is 6.53.